The van der Waals surface area contributed by atoms with Gasteiger partial charge in [-0.15, -0.1) is 0 Å². The number of benzene rings is 1. The first-order valence-electron chi connectivity index (χ1n) is 9.52. The average Bonchev–Trinajstić information content (AvgIpc) is 2.66. The topological polar surface area (TPSA) is 48.0 Å². The van der Waals surface area contributed by atoms with Gasteiger partial charge in [-0.05, 0) is 56.1 Å². The number of hydrogen-bond donors (Lipinski definition) is 0. The summed E-state index contributed by atoms with van der Waals surface area (Å²) in [5.41, 5.74) is 1.25. The highest BCUT2D eigenvalue weighted by Gasteiger charge is 2.47. The van der Waals surface area contributed by atoms with Gasteiger partial charge in [-0.1, -0.05) is 19.1 Å². The zero-order valence-electron chi connectivity index (χ0n) is 15.7. The lowest BCUT2D eigenvalue weighted by Gasteiger charge is -2.48. The molecular formula is C21H27NO4. The van der Waals surface area contributed by atoms with Crippen molar-refractivity contribution in [2.45, 2.75) is 44.4 Å². The summed E-state index contributed by atoms with van der Waals surface area (Å²) in [5, 5.41) is 0. The van der Waals surface area contributed by atoms with Crippen LogP contribution in [0.4, 0.5) is 0 Å². The van der Waals surface area contributed by atoms with E-state index in [2.05, 4.69) is 30.2 Å². The summed E-state index contributed by atoms with van der Waals surface area (Å²) in [7, 11) is 3.86. The molecule has 5 nitrogen and oxygen atoms in total. The van der Waals surface area contributed by atoms with Crippen molar-refractivity contribution in [1.29, 1.82) is 0 Å². The van der Waals surface area contributed by atoms with E-state index >= 15 is 0 Å². The summed E-state index contributed by atoms with van der Waals surface area (Å²) >= 11 is 0. The number of nitrogens with zero attached hydrogens (tertiary/aromatic N) is 1. The molecule has 1 saturated heterocycles. The summed E-state index contributed by atoms with van der Waals surface area (Å²) in [5.74, 6) is 2.01. The number of likely N-dealkylation sites (N-methyl/N-ethyl adjacent to an activating group) is 1. The van der Waals surface area contributed by atoms with Crippen molar-refractivity contribution in [1.82, 2.24) is 4.90 Å². The molecule has 1 fully saturated rings. The van der Waals surface area contributed by atoms with E-state index in [1.165, 1.54) is 5.56 Å². The first kappa shape index (κ1) is 17.4. The van der Waals surface area contributed by atoms with E-state index in [1.54, 1.807) is 7.11 Å². The van der Waals surface area contributed by atoms with E-state index in [1.807, 2.05) is 19.1 Å². The molecule has 4 rings (SSSR count). The zero-order valence-corrected chi connectivity index (χ0v) is 15.7. The van der Waals surface area contributed by atoms with Gasteiger partial charge in [0.2, 0.25) is 0 Å². The normalized spacial score (nSPS) is 32.7. The van der Waals surface area contributed by atoms with Crippen LogP contribution >= 0.6 is 0 Å². The second kappa shape index (κ2) is 6.95. The summed E-state index contributed by atoms with van der Waals surface area (Å²) in [6.45, 7) is 2.85. The molecule has 1 aromatic carbocycles. The number of fused-ring (bicyclic) bond motifs is 2. The molecule has 26 heavy (non-hydrogen) atoms. The van der Waals surface area contributed by atoms with Gasteiger partial charge in [-0.25, -0.2) is 0 Å². The summed E-state index contributed by atoms with van der Waals surface area (Å²) in [6.07, 6.45) is 6.14. The van der Waals surface area contributed by atoms with Gasteiger partial charge in [-0.2, -0.15) is 0 Å². The van der Waals surface area contributed by atoms with Gasteiger partial charge in [0, 0.05) is 18.4 Å². The molecular weight excluding hydrogens is 330 g/mol. The average molecular weight is 357 g/mol. The van der Waals surface area contributed by atoms with Gasteiger partial charge in [0.25, 0.3) is 0 Å². The Bertz CT molecular complexity index is 716. The van der Waals surface area contributed by atoms with Gasteiger partial charge in [-0.3, -0.25) is 4.79 Å². The number of hydrogen-bond acceptors (Lipinski definition) is 5. The highest BCUT2D eigenvalue weighted by molar-refractivity contribution is 5.69. The number of ether oxygens (including phenoxy) is 3. The summed E-state index contributed by atoms with van der Waals surface area (Å²) in [6, 6.07) is 6.61. The number of piperidine rings is 1. The van der Waals surface area contributed by atoms with Gasteiger partial charge in [0.15, 0.2) is 17.6 Å². The molecule has 0 spiro atoms. The number of carbonyl (C=O) groups excluding carboxylic acids is 1. The second-order valence-electron chi connectivity index (χ2n) is 7.54. The molecule has 2 heterocycles. The van der Waals surface area contributed by atoms with E-state index < -0.39 is 0 Å². The van der Waals surface area contributed by atoms with Crippen molar-refractivity contribution in [2.24, 2.45) is 11.8 Å². The van der Waals surface area contributed by atoms with Crippen LogP contribution in [0.3, 0.4) is 0 Å². The summed E-state index contributed by atoms with van der Waals surface area (Å²) < 4.78 is 17.7. The minimum atomic E-state index is -0.348. The summed E-state index contributed by atoms with van der Waals surface area (Å²) in [4.78, 5) is 14.4. The van der Waals surface area contributed by atoms with Crippen LogP contribution in [0.15, 0.2) is 30.4 Å². The van der Waals surface area contributed by atoms with E-state index in [9.17, 15) is 4.79 Å². The van der Waals surface area contributed by atoms with Crippen molar-refractivity contribution >= 4 is 5.97 Å². The van der Waals surface area contributed by atoms with Gasteiger partial charge in [0.1, 0.15) is 6.10 Å². The van der Waals surface area contributed by atoms with Crippen molar-refractivity contribution in [3.63, 3.8) is 0 Å². The fourth-order valence-corrected chi connectivity index (χ4v) is 4.65. The lowest BCUT2D eigenvalue weighted by atomic mass is 9.71. The van der Waals surface area contributed by atoms with Crippen molar-refractivity contribution < 1.29 is 19.0 Å². The smallest absolute Gasteiger partial charge is 0.306 e. The third kappa shape index (κ3) is 2.98. The highest BCUT2D eigenvalue weighted by atomic mass is 16.6. The Balaban J connectivity index is 1.77. The van der Waals surface area contributed by atoms with Crippen molar-refractivity contribution in [2.75, 3.05) is 20.7 Å². The second-order valence-corrected chi connectivity index (χ2v) is 7.54. The minimum absolute atomic E-state index is 0.182. The van der Waals surface area contributed by atoms with E-state index in [-0.39, 0.29) is 18.2 Å². The monoisotopic (exact) mass is 357 g/mol. The Kier molecular flexibility index (Phi) is 4.65. The highest BCUT2D eigenvalue weighted by Crippen LogP contribution is 2.43. The molecule has 3 aliphatic rings. The molecule has 0 unspecified atom stereocenters. The Labute approximate surface area is 154 Å². The van der Waals surface area contributed by atoms with Crippen LogP contribution in [0.25, 0.3) is 0 Å². The maximum atomic E-state index is 11.9. The van der Waals surface area contributed by atoms with Crippen LogP contribution in [0.5, 0.6) is 11.5 Å². The largest absolute Gasteiger partial charge is 0.493 e. The standard InChI is InChI=1S/C21H27NO4/c1-4-20(23)25-18-8-6-14-15-9-10-22(2)16(14)11-13-5-7-17(24-3)19(12-13)26-21(15)18/h5-8,12,14-16,18,21H,4,9-11H2,1-3H3/t14-,15+,16-,18+,21-/m1/s1. The number of esters is 1. The van der Waals surface area contributed by atoms with Crippen LogP contribution in [0.1, 0.15) is 25.3 Å². The van der Waals surface area contributed by atoms with E-state index in [4.69, 9.17) is 14.2 Å². The maximum absolute atomic E-state index is 11.9. The fourth-order valence-electron chi connectivity index (χ4n) is 4.65. The predicted molar refractivity (Wildman–Crippen MR) is 98.4 cm³/mol. The first-order valence-corrected chi connectivity index (χ1v) is 9.52. The third-order valence-corrected chi connectivity index (χ3v) is 6.08. The van der Waals surface area contributed by atoms with E-state index in [0.29, 0.717) is 24.3 Å². The van der Waals surface area contributed by atoms with Crippen LogP contribution in [-0.2, 0) is 16.0 Å². The first-order chi connectivity index (χ1) is 12.6. The van der Waals surface area contributed by atoms with Crippen LogP contribution in [0.2, 0.25) is 0 Å². The molecule has 0 radical (unpaired) electrons. The number of rotatable bonds is 3. The van der Waals surface area contributed by atoms with Crippen LogP contribution in [0, 0.1) is 11.8 Å². The number of carbonyl (C=O) groups is 1. The lowest BCUT2D eigenvalue weighted by Crippen LogP contribution is -2.55. The number of methoxy groups -OCH3 is 1. The molecule has 140 valence electrons. The molecule has 1 aromatic rings. The van der Waals surface area contributed by atoms with E-state index in [0.717, 1.165) is 30.9 Å². The number of likely N-dealkylation sites (tertiary alicyclic amines) is 1. The molecule has 6 bridgehead atoms. The Morgan fingerprint density at radius 2 is 2.19 bits per heavy atom. The Hall–Kier alpha value is -2.01. The Morgan fingerprint density at radius 1 is 1.35 bits per heavy atom. The van der Waals surface area contributed by atoms with Gasteiger partial charge < -0.3 is 19.1 Å². The zero-order chi connectivity index (χ0) is 18.3. The van der Waals surface area contributed by atoms with Crippen molar-refractivity contribution in [3.05, 3.63) is 35.9 Å². The van der Waals surface area contributed by atoms with Gasteiger partial charge >= 0.3 is 5.97 Å². The minimum Gasteiger partial charge on any atom is -0.493 e. The van der Waals surface area contributed by atoms with Crippen LogP contribution < -0.4 is 9.47 Å². The molecule has 0 saturated carbocycles. The third-order valence-electron chi connectivity index (χ3n) is 6.08. The maximum Gasteiger partial charge on any atom is 0.306 e. The predicted octanol–water partition coefficient (Wildman–Crippen LogP) is 2.83. The molecule has 0 amide bonds. The molecule has 5 heteroatoms. The molecule has 0 aromatic heterocycles. The molecule has 5 atom stereocenters. The van der Waals surface area contributed by atoms with Crippen LogP contribution in [-0.4, -0.2) is 49.8 Å². The molecule has 1 aliphatic carbocycles. The SMILES string of the molecule is CCC(=O)O[C@H]1C=C[C@@H]2[C@@H]3CCN(C)[C@@H]2Cc2ccc(OC)c(c2)O[C@H]31. The fraction of sp³-hybridized carbons (Fsp3) is 0.571. The Morgan fingerprint density at radius 3 is 2.96 bits per heavy atom. The van der Waals surface area contributed by atoms with Crippen molar-refractivity contribution in [3.8, 4) is 11.5 Å². The van der Waals surface area contributed by atoms with Gasteiger partial charge in [0.05, 0.1) is 7.11 Å². The lowest BCUT2D eigenvalue weighted by molar-refractivity contribution is -0.154. The molecule has 0 N–H and O–H groups in total. The molecule has 2 aliphatic heterocycles. The quantitative estimate of drug-likeness (QED) is 0.615.